The number of nitrogens with one attached hydrogen (secondary N) is 2. The van der Waals surface area contributed by atoms with Crippen molar-refractivity contribution < 1.29 is 23.9 Å². The van der Waals surface area contributed by atoms with E-state index < -0.39 is 17.8 Å². The van der Waals surface area contributed by atoms with Gasteiger partial charge in [0.1, 0.15) is 17.4 Å². The molecular formula is C27H21Cl2N3O5. The van der Waals surface area contributed by atoms with Gasteiger partial charge in [0.05, 0.1) is 17.7 Å². The molecule has 37 heavy (non-hydrogen) atoms. The van der Waals surface area contributed by atoms with Crippen LogP contribution in [0.4, 0.5) is 11.4 Å². The van der Waals surface area contributed by atoms with Gasteiger partial charge >= 0.3 is 5.97 Å². The minimum Gasteiger partial charge on any atom is -0.482 e. The zero-order valence-corrected chi connectivity index (χ0v) is 21.3. The second-order valence-corrected chi connectivity index (χ2v) is 8.50. The van der Waals surface area contributed by atoms with E-state index in [-0.39, 0.29) is 23.0 Å². The molecule has 0 aliphatic carbocycles. The maximum Gasteiger partial charge on any atom is 0.337 e. The molecule has 0 fully saturated rings. The van der Waals surface area contributed by atoms with Crippen molar-refractivity contribution in [1.82, 2.24) is 0 Å². The van der Waals surface area contributed by atoms with Crippen molar-refractivity contribution in [2.75, 3.05) is 24.4 Å². The van der Waals surface area contributed by atoms with Gasteiger partial charge in [0, 0.05) is 16.4 Å². The van der Waals surface area contributed by atoms with E-state index in [1.807, 2.05) is 13.0 Å². The lowest BCUT2D eigenvalue weighted by molar-refractivity contribution is -0.118. The first-order valence-corrected chi connectivity index (χ1v) is 11.6. The Morgan fingerprint density at radius 2 is 1.65 bits per heavy atom. The first-order chi connectivity index (χ1) is 17.7. The van der Waals surface area contributed by atoms with Crippen molar-refractivity contribution in [1.29, 1.82) is 5.26 Å². The molecule has 8 nitrogen and oxygen atoms in total. The molecule has 3 rings (SSSR count). The number of nitrogens with zero attached hydrogens (tertiary/aromatic N) is 1. The van der Waals surface area contributed by atoms with Crippen molar-refractivity contribution >= 4 is 58.4 Å². The summed E-state index contributed by atoms with van der Waals surface area (Å²) in [6.45, 7) is 1.57. The molecular weight excluding hydrogens is 517 g/mol. The number of nitriles is 1. The van der Waals surface area contributed by atoms with E-state index in [0.717, 1.165) is 5.56 Å². The van der Waals surface area contributed by atoms with Crippen molar-refractivity contribution in [2.45, 2.75) is 6.92 Å². The normalized spacial score (nSPS) is 10.7. The minimum absolute atomic E-state index is 0.169. The fourth-order valence-corrected chi connectivity index (χ4v) is 3.48. The molecule has 0 aliphatic heterocycles. The Morgan fingerprint density at radius 1 is 0.946 bits per heavy atom. The third kappa shape index (κ3) is 7.58. The molecule has 0 heterocycles. The fourth-order valence-electron chi connectivity index (χ4n) is 3.06. The van der Waals surface area contributed by atoms with E-state index in [9.17, 15) is 19.6 Å². The summed E-state index contributed by atoms with van der Waals surface area (Å²) >= 11 is 12.3. The number of carbonyl (C=O) groups excluding carboxylic acids is 3. The number of methoxy groups -OCH3 is 1. The summed E-state index contributed by atoms with van der Waals surface area (Å²) in [5.74, 6) is -1.29. The van der Waals surface area contributed by atoms with Crippen LogP contribution in [0.5, 0.6) is 5.75 Å². The second-order valence-electron chi connectivity index (χ2n) is 7.68. The summed E-state index contributed by atoms with van der Waals surface area (Å²) < 4.78 is 10.1. The fraction of sp³-hybridized carbons (Fsp3) is 0.111. The summed E-state index contributed by atoms with van der Waals surface area (Å²) in [5.41, 5.74) is 2.46. The average molecular weight is 538 g/mol. The Morgan fingerprint density at radius 3 is 2.27 bits per heavy atom. The average Bonchev–Trinajstić information content (AvgIpc) is 2.88. The SMILES string of the molecule is COC(=O)c1ccc(NC(=O)/C(C#N)=C\c2ccc(OCC(=O)Nc3ccc(C)c(Cl)c3)c(Cl)c2)cc1. The molecule has 0 aromatic heterocycles. The van der Waals surface area contributed by atoms with Crippen LogP contribution < -0.4 is 15.4 Å². The Labute approximate surface area is 223 Å². The van der Waals surface area contributed by atoms with E-state index >= 15 is 0 Å². The lowest BCUT2D eigenvalue weighted by atomic mass is 10.1. The van der Waals surface area contributed by atoms with Crippen LogP contribution in [0.3, 0.4) is 0 Å². The van der Waals surface area contributed by atoms with Gasteiger partial charge in [-0.25, -0.2) is 4.79 Å². The molecule has 10 heteroatoms. The third-order valence-electron chi connectivity index (χ3n) is 5.01. The molecule has 0 saturated carbocycles. The smallest absolute Gasteiger partial charge is 0.337 e. The molecule has 2 N–H and O–H groups in total. The zero-order valence-electron chi connectivity index (χ0n) is 19.8. The number of anilines is 2. The maximum atomic E-state index is 12.5. The zero-order chi connectivity index (χ0) is 26.9. The molecule has 0 bridgehead atoms. The molecule has 2 amide bonds. The van der Waals surface area contributed by atoms with Crippen LogP contribution >= 0.6 is 23.2 Å². The van der Waals surface area contributed by atoms with E-state index in [4.69, 9.17) is 27.9 Å². The molecule has 0 spiro atoms. The number of hydrogen-bond acceptors (Lipinski definition) is 6. The molecule has 0 unspecified atom stereocenters. The van der Waals surface area contributed by atoms with Gasteiger partial charge in [-0.05, 0) is 72.7 Å². The Balaban J connectivity index is 1.62. The van der Waals surface area contributed by atoms with Crippen LogP contribution in [0.1, 0.15) is 21.5 Å². The highest BCUT2D eigenvalue weighted by Crippen LogP contribution is 2.27. The van der Waals surface area contributed by atoms with Gasteiger partial charge in [-0.2, -0.15) is 5.26 Å². The van der Waals surface area contributed by atoms with Crippen molar-refractivity contribution in [3.8, 4) is 11.8 Å². The number of esters is 1. The predicted octanol–water partition coefficient (Wildman–Crippen LogP) is 5.65. The lowest BCUT2D eigenvalue weighted by Crippen LogP contribution is -2.20. The Bertz CT molecular complexity index is 1410. The van der Waals surface area contributed by atoms with Gasteiger partial charge in [-0.1, -0.05) is 35.3 Å². The number of aryl methyl sites for hydroxylation is 1. The van der Waals surface area contributed by atoms with E-state index in [0.29, 0.717) is 27.5 Å². The summed E-state index contributed by atoms with van der Waals surface area (Å²) in [4.78, 5) is 36.3. The van der Waals surface area contributed by atoms with Crippen molar-refractivity contribution in [2.24, 2.45) is 0 Å². The summed E-state index contributed by atoms with van der Waals surface area (Å²) in [6, 6.07) is 17.7. The number of hydrogen-bond donors (Lipinski definition) is 2. The van der Waals surface area contributed by atoms with Gasteiger partial charge in [0.15, 0.2) is 6.61 Å². The number of halogens is 2. The standard InChI is InChI=1S/C27H21Cl2N3O5/c1-16-3-7-21(13-22(16)28)31-25(33)15-37-24-10-4-17(12-23(24)29)11-19(14-30)26(34)32-20-8-5-18(6-9-20)27(35)36-2/h3-13H,15H2,1-2H3,(H,31,33)(H,32,34)/b19-11-. The van der Waals surface area contributed by atoms with Crippen LogP contribution in [0.15, 0.2) is 66.2 Å². The molecule has 0 saturated heterocycles. The number of amides is 2. The Kier molecular flexibility index (Phi) is 9.27. The van der Waals surface area contributed by atoms with Crippen LogP contribution in [-0.4, -0.2) is 31.5 Å². The largest absolute Gasteiger partial charge is 0.482 e. The molecule has 3 aromatic carbocycles. The van der Waals surface area contributed by atoms with Gasteiger partial charge in [-0.3, -0.25) is 9.59 Å². The molecule has 3 aromatic rings. The number of benzene rings is 3. The second kappa shape index (κ2) is 12.6. The van der Waals surface area contributed by atoms with Gasteiger partial charge < -0.3 is 20.1 Å². The predicted molar refractivity (Wildman–Crippen MR) is 142 cm³/mol. The highest BCUT2D eigenvalue weighted by molar-refractivity contribution is 6.32. The number of rotatable bonds is 8. The van der Waals surface area contributed by atoms with Crippen LogP contribution in [0, 0.1) is 18.3 Å². The summed E-state index contributed by atoms with van der Waals surface area (Å²) in [7, 11) is 1.27. The van der Waals surface area contributed by atoms with Crippen LogP contribution in [0.2, 0.25) is 10.0 Å². The summed E-state index contributed by atoms with van der Waals surface area (Å²) in [5, 5.41) is 15.5. The lowest BCUT2D eigenvalue weighted by Gasteiger charge is -2.10. The van der Waals surface area contributed by atoms with E-state index in [2.05, 4.69) is 15.4 Å². The van der Waals surface area contributed by atoms with Gasteiger partial charge in [-0.15, -0.1) is 0 Å². The van der Waals surface area contributed by atoms with Crippen molar-refractivity contribution in [3.05, 3.63) is 93.0 Å². The highest BCUT2D eigenvalue weighted by atomic mass is 35.5. The van der Waals surface area contributed by atoms with Crippen LogP contribution in [-0.2, 0) is 14.3 Å². The van der Waals surface area contributed by atoms with Crippen LogP contribution in [0.25, 0.3) is 6.08 Å². The Hall–Kier alpha value is -4.32. The number of ether oxygens (including phenoxy) is 2. The highest BCUT2D eigenvalue weighted by Gasteiger charge is 2.12. The first kappa shape index (κ1) is 27.3. The summed E-state index contributed by atoms with van der Waals surface area (Å²) in [6.07, 6.45) is 1.36. The molecule has 0 radical (unpaired) electrons. The van der Waals surface area contributed by atoms with E-state index in [1.54, 1.807) is 24.3 Å². The third-order valence-corrected chi connectivity index (χ3v) is 5.71. The number of carbonyl (C=O) groups is 3. The minimum atomic E-state index is -0.641. The van der Waals surface area contributed by atoms with Gasteiger partial charge in [0.2, 0.25) is 0 Å². The first-order valence-electron chi connectivity index (χ1n) is 10.8. The monoisotopic (exact) mass is 537 g/mol. The molecule has 0 aliphatic rings. The molecule has 188 valence electrons. The quantitative estimate of drug-likeness (QED) is 0.217. The molecule has 0 atom stereocenters. The van der Waals surface area contributed by atoms with Crippen molar-refractivity contribution in [3.63, 3.8) is 0 Å². The van der Waals surface area contributed by atoms with Gasteiger partial charge in [0.25, 0.3) is 11.8 Å². The van der Waals surface area contributed by atoms with E-state index in [1.165, 1.54) is 49.6 Å². The maximum absolute atomic E-state index is 12.5. The topological polar surface area (TPSA) is 118 Å².